The maximum absolute atomic E-state index is 11.9. The molecule has 0 atom stereocenters. The van der Waals surface area contributed by atoms with E-state index in [9.17, 15) is 4.79 Å². The smallest absolute Gasteiger partial charge is 0.250 e. The molecule has 2 aromatic carbocycles. The number of primary amides is 1. The molecule has 5 nitrogen and oxygen atoms in total. The highest BCUT2D eigenvalue weighted by molar-refractivity contribution is 5.96. The van der Waals surface area contributed by atoms with Crippen molar-refractivity contribution in [3.8, 4) is 22.8 Å². The Labute approximate surface area is 159 Å². The van der Waals surface area contributed by atoms with Gasteiger partial charge in [-0.2, -0.15) is 0 Å². The van der Waals surface area contributed by atoms with Gasteiger partial charge in [0.15, 0.2) is 0 Å². The third-order valence-corrected chi connectivity index (χ3v) is 4.74. The molecule has 1 heterocycles. The summed E-state index contributed by atoms with van der Waals surface area (Å²) in [6, 6.07) is 15.8. The van der Waals surface area contributed by atoms with E-state index in [1.165, 1.54) is 5.56 Å². The van der Waals surface area contributed by atoms with Gasteiger partial charge in [0.2, 0.25) is 0 Å². The minimum atomic E-state index is -0.441. The summed E-state index contributed by atoms with van der Waals surface area (Å²) in [6.45, 7) is 4.61. The van der Waals surface area contributed by atoms with Gasteiger partial charge in [-0.05, 0) is 37.6 Å². The highest BCUT2D eigenvalue weighted by atomic mass is 16.5. The van der Waals surface area contributed by atoms with E-state index in [-0.39, 0.29) is 0 Å². The van der Waals surface area contributed by atoms with Gasteiger partial charge in [0.05, 0.1) is 25.5 Å². The van der Waals surface area contributed by atoms with Gasteiger partial charge in [-0.25, -0.2) is 0 Å². The van der Waals surface area contributed by atoms with Crippen molar-refractivity contribution in [2.45, 2.75) is 20.4 Å². The quantitative estimate of drug-likeness (QED) is 0.720. The number of aromatic nitrogens is 1. The minimum Gasteiger partial charge on any atom is -0.497 e. The average Bonchev–Trinajstić information content (AvgIpc) is 2.98. The van der Waals surface area contributed by atoms with Gasteiger partial charge in [0.1, 0.15) is 11.5 Å². The molecule has 140 valence electrons. The lowest BCUT2D eigenvalue weighted by Gasteiger charge is -2.15. The molecule has 5 heteroatoms. The van der Waals surface area contributed by atoms with Crippen LogP contribution in [0.5, 0.6) is 11.5 Å². The van der Waals surface area contributed by atoms with Gasteiger partial charge in [-0.1, -0.05) is 29.8 Å². The Bertz CT molecular complexity index is 989. The van der Waals surface area contributed by atoms with Crippen molar-refractivity contribution < 1.29 is 14.3 Å². The highest BCUT2D eigenvalue weighted by Gasteiger charge is 2.19. The third-order valence-electron chi connectivity index (χ3n) is 4.74. The topological polar surface area (TPSA) is 66.5 Å². The first-order valence-electron chi connectivity index (χ1n) is 8.72. The Morgan fingerprint density at radius 2 is 1.81 bits per heavy atom. The summed E-state index contributed by atoms with van der Waals surface area (Å²) in [7, 11) is 3.23. The van der Waals surface area contributed by atoms with Gasteiger partial charge in [0.25, 0.3) is 5.91 Å². The minimum absolute atomic E-state index is 0.441. The largest absolute Gasteiger partial charge is 0.497 e. The zero-order valence-electron chi connectivity index (χ0n) is 16.1. The van der Waals surface area contributed by atoms with E-state index in [1.807, 2.05) is 37.3 Å². The van der Waals surface area contributed by atoms with Crippen LogP contribution in [0.2, 0.25) is 0 Å². The van der Waals surface area contributed by atoms with Crippen molar-refractivity contribution in [3.05, 3.63) is 70.9 Å². The Hall–Kier alpha value is -3.21. The number of nitrogens with two attached hydrogens (primary N) is 1. The van der Waals surface area contributed by atoms with Crippen LogP contribution in [0.4, 0.5) is 0 Å². The van der Waals surface area contributed by atoms with Gasteiger partial charge in [-0.15, -0.1) is 0 Å². The zero-order chi connectivity index (χ0) is 19.6. The normalized spacial score (nSPS) is 10.7. The zero-order valence-corrected chi connectivity index (χ0v) is 16.1. The molecule has 1 amide bonds. The first-order chi connectivity index (χ1) is 12.9. The summed E-state index contributed by atoms with van der Waals surface area (Å²) in [5, 5.41) is 0. The average molecular weight is 364 g/mol. The molecule has 0 saturated heterocycles. The Balaban J connectivity index is 2.17. The number of hydrogen-bond acceptors (Lipinski definition) is 3. The third kappa shape index (κ3) is 3.67. The number of methoxy groups -OCH3 is 2. The molecular formula is C22H24N2O3. The number of carbonyl (C=O) groups is 1. The van der Waals surface area contributed by atoms with Crippen molar-refractivity contribution >= 4 is 5.91 Å². The molecule has 0 unspecified atom stereocenters. The van der Waals surface area contributed by atoms with Crippen LogP contribution in [0.25, 0.3) is 11.3 Å². The number of amides is 1. The van der Waals surface area contributed by atoms with Gasteiger partial charge in [-0.3, -0.25) is 4.79 Å². The first kappa shape index (κ1) is 18.6. The second-order valence-corrected chi connectivity index (χ2v) is 6.53. The summed E-state index contributed by atoms with van der Waals surface area (Å²) >= 11 is 0. The van der Waals surface area contributed by atoms with E-state index >= 15 is 0 Å². The Morgan fingerprint density at radius 1 is 1.04 bits per heavy atom. The van der Waals surface area contributed by atoms with E-state index in [1.54, 1.807) is 14.2 Å². The van der Waals surface area contributed by atoms with Gasteiger partial charge in [0, 0.05) is 23.9 Å². The fraction of sp³-hybridized carbons (Fsp3) is 0.227. The van der Waals surface area contributed by atoms with Gasteiger partial charge >= 0.3 is 0 Å². The molecule has 3 aromatic rings. The number of nitrogens with zero attached hydrogens (tertiary/aromatic N) is 1. The number of carbonyl (C=O) groups excluding carboxylic acids is 1. The van der Waals surface area contributed by atoms with Crippen LogP contribution in [0, 0.1) is 13.8 Å². The first-order valence-corrected chi connectivity index (χ1v) is 8.72. The number of ether oxygens (including phenoxy) is 2. The number of hydrogen-bond donors (Lipinski definition) is 1. The molecule has 0 aliphatic rings. The van der Waals surface area contributed by atoms with E-state index in [0.717, 1.165) is 22.5 Å². The Kier molecular flexibility index (Phi) is 5.21. The lowest BCUT2D eigenvalue weighted by molar-refractivity contribution is 0.0999. The van der Waals surface area contributed by atoms with Crippen LogP contribution in [0.3, 0.4) is 0 Å². The van der Waals surface area contributed by atoms with Crippen LogP contribution < -0.4 is 15.2 Å². The van der Waals surface area contributed by atoms with Crippen molar-refractivity contribution in [1.82, 2.24) is 4.57 Å². The van der Waals surface area contributed by atoms with E-state index in [4.69, 9.17) is 15.2 Å². The van der Waals surface area contributed by atoms with Crippen LogP contribution in [0.1, 0.15) is 27.2 Å². The Morgan fingerprint density at radius 3 is 2.44 bits per heavy atom. The lowest BCUT2D eigenvalue weighted by Crippen LogP contribution is -2.12. The van der Waals surface area contributed by atoms with Crippen molar-refractivity contribution in [3.63, 3.8) is 0 Å². The van der Waals surface area contributed by atoms with Crippen molar-refractivity contribution in [2.24, 2.45) is 5.73 Å². The molecule has 0 aliphatic heterocycles. The molecule has 0 fully saturated rings. The molecule has 0 radical (unpaired) electrons. The number of benzene rings is 2. The monoisotopic (exact) mass is 364 g/mol. The highest BCUT2D eigenvalue weighted by Crippen LogP contribution is 2.36. The SMILES string of the molecule is COc1ccc(-c2cc(C(N)=O)c(C)n2Cc2cccc(C)c2)c(OC)c1. The fourth-order valence-electron chi connectivity index (χ4n) is 3.32. The second kappa shape index (κ2) is 7.58. The van der Waals surface area contributed by atoms with E-state index < -0.39 is 5.91 Å². The molecule has 3 rings (SSSR count). The maximum Gasteiger partial charge on any atom is 0.250 e. The summed E-state index contributed by atoms with van der Waals surface area (Å²) in [5.41, 5.74) is 11.0. The molecule has 0 aliphatic carbocycles. The van der Waals surface area contributed by atoms with Gasteiger partial charge < -0.3 is 19.8 Å². The van der Waals surface area contributed by atoms with E-state index in [2.05, 4.69) is 29.7 Å². The lowest BCUT2D eigenvalue weighted by atomic mass is 10.1. The number of aryl methyl sites for hydroxylation is 1. The molecule has 0 saturated carbocycles. The maximum atomic E-state index is 11.9. The van der Waals surface area contributed by atoms with Crippen LogP contribution in [0.15, 0.2) is 48.5 Å². The molecule has 0 bridgehead atoms. The number of rotatable bonds is 6. The molecule has 27 heavy (non-hydrogen) atoms. The predicted molar refractivity (Wildman–Crippen MR) is 107 cm³/mol. The van der Waals surface area contributed by atoms with Crippen molar-refractivity contribution in [2.75, 3.05) is 14.2 Å². The summed E-state index contributed by atoms with van der Waals surface area (Å²) in [4.78, 5) is 11.9. The standard InChI is InChI=1S/C22H24N2O3/c1-14-6-5-7-16(10-14)13-24-15(2)19(22(23)25)12-20(24)18-9-8-17(26-3)11-21(18)27-4/h5-12H,13H2,1-4H3,(H2,23,25). The van der Waals surface area contributed by atoms with E-state index in [0.29, 0.717) is 23.6 Å². The summed E-state index contributed by atoms with van der Waals surface area (Å²) in [5.74, 6) is 0.942. The second-order valence-electron chi connectivity index (χ2n) is 6.53. The molecule has 1 aromatic heterocycles. The van der Waals surface area contributed by atoms with Crippen molar-refractivity contribution in [1.29, 1.82) is 0 Å². The molecule has 0 spiro atoms. The summed E-state index contributed by atoms with van der Waals surface area (Å²) in [6.07, 6.45) is 0. The molecular weight excluding hydrogens is 340 g/mol. The predicted octanol–water partition coefficient (Wildman–Crippen LogP) is 3.94. The summed E-state index contributed by atoms with van der Waals surface area (Å²) < 4.78 is 13.0. The van der Waals surface area contributed by atoms with Crippen LogP contribution >= 0.6 is 0 Å². The van der Waals surface area contributed by atoms with Crippen LogP contribution in [-0.2, 0) is 6.54 Å². The van der Waals surface area contributed by atoms with Crippen LogP contribution in [-0.4, -0.2) is 24.7 Å². The fourth-order valence-corrected chi connectivity index (χ4v) is 3.32. The molecule has 2 N–H and O–H groups in total.